The van der Waals surface area contributed by atoms with Crippen molar-refractivity contribution in [2.75, 3.05) is 11.4 Å². The van der Waals surface area contributed by atoms with Crippen LogP contribution in [0.2, 0.25) is 0 Å². The molecule has 1 aliphatic rings. The average Bonchev–Trinajstić information content (AvgIpc) is 3.07. The molecule has 1 aromatic heterocycles. The second-order valence-corrected chi connectivity index (χ2v) is 5.06. The lowest BCUT2D eigenvalue weighted by Gasteiger charge is -2.27. The van der Waals surface area contributed by atoms with Crippen LogP contribution in [0.5, 0.6) is 0 Å². The zero-order chi connectivity index (χ0) is 14.2. The quantitative estimate of drug-likeness (QED) is 0.917. The second kappa shape index (κ2) is 5.00. The highest BCUT2D eigenvalue weighted by Gasteiger charge is 2.39. The number of anilines is 1. The van der Waals surface area contributed by atoms with Crippen LogP contribution in [0.25, 0.3) is 0 Å². The molecule has 2 N–H and O–H groups in total. The van der Waals surface area contributed by atoms with E-state index in [4.69, 9.17) is 5.73 Å². The molecule has 1 aromatic rings. The summed E-state index contributed by atoms with van der Waals surface area (Å²) >= 11 is 0. The van der Waals surface area contributed by atoms with Crippen molar-refractivity contribution in [2.45, 2.75) is 45.5 Å². The average molecular weight is 273 g/mol. The largest absolute Gasteiger partial charge is 0.405 e. The second-order valence-electron chi connectivity index (χ2n) is 5.06. The van der Waals surface area contributed by atoms with Crippen LogP contribution in [0.1, 0.15) is 29.7 Å². The number of rotatable bonds is 4. The van der Waals surface area contributed by atoms with E-state index in [1.54, 1.807) is 6.92 Å². The van der Waals surface area contributed by atoms with Gasteiger partial charge in [-0.2, -0.15) is 13.2 Å². The Balaban J connectivity index is 2.41. The molecular formula is C13H18F3N3. The number of hydrogen-bond acceptors (Lipinski definition) is 3. The Kier molecular flexibility index (Phi) is 3.71. The Morgan fingerprint density at radius 3 is 2.47 bits per heavy atom. The summed E-state index contributed by atoms with van der Waals surface area (Å²) in [6, 6.07) is 1.80. The van der Waals surface area contributed by atoms with Crippen LogP contribution in [-0.2, 0) is 6.54 Å². The molecule has 0 saturated heterocycles. The zero-order valence-corrected chi connectivity index (χ0v) is 11.1. The molecule has 0 aliphatic heterocycles. The van der Waals surface area contributed by atoms with Gasteiger partial charge in [0.15, 0.2) is 0 Å². The molecule has 1 fully saturated rings. The predicted molar refractivity (Wildman–Crippen MR) is 68.0 cm³/mol. The lowest BCUT2D eigenvalue weighted by atomic mass is 10.1. The number of halogens is 3. The molecule has 1 heterocycles. The molecule has 2 rings (SSSR count). The van der Waals surface area contributed by atoms with Crippen molar-refractivity contribution >= 4 is 5.82 Å². The van der Waals surface area contributed by atoms with Gasteiger partial charge in [-0.3, -0.25) is 0 Å². The molecule has 0 spiro atoms. The highest BCUT2D eigenvalue weighted by molar-refractivity contribution is 5.53. The number of alkyl halides is 3. The number of pyridine rings is 1. The molecule has 19 heavy (non-hydrogen) atoms. The maximum absolute atomic E-state index is 12.7. The van der Waals surface area contributed by atoms with E-state index in [1.165, 1.54) is 4.90 Å². The number of nitrogens with two attached hydrogens (primary N) is 1. The molecule has 106 valence electrons. The number of aromatic nitrogens is 1. The maximum Gasteiger partial charge on any atom is 0.405 e. The van der Waals surface area contributed by atoms with Gasteiger partial charge in [-0.1, -0.05) is 0 Å². The summed E-state index contributed by atoms with van der Waals surface area (Å²) in [7, 11) is 0. The van der Waals surface area contributed by atoms with Gasteiger partial charge in [-0.05, 0) is 38.3 Å². The fourth-order valence-electron chi connectivity index (χ4n) is 2.29. The van der Waals surface area contributed by atoms with Crippen molar-refractivity contribution < 1.29 is 13.2 Å². The summed E-state index contributed by atoms with van der Waals surface area (Å²) in [5, 5.41) is 0. The van der Waals surface area contributed by atoms with Crippen LogP contribution in [0.3, 0.4) is 0 Å². The molecule has 0 radical (unpaired) electrons. The third-order valence-electron chi connectivity index (χ3n) is 3.27. The van der Waals surface area contributed by atoms with Gasteiger partial charge in [0.2, 0.25) is 0 Å². The fourth-order valence-corrected chi connectivity index (χ4v) is 2.29. The first kappa shape index (κ1) is 14.1. The van der Waals surface area contributed by atoms with Crippen molar-refractivity contribution in [1.82, 2.24) is 4.98 Å². The predicted octanol–water partition coefficient (Wildman–Crippen LogP) is 2.69. The smallest absolute Gasteiger partial charge is 0.344 e. The van der Waals surface area contributed by atoms with E-state index in [0.717, 1.165) is 24.1 Å². The van der Waals surface area contributed by atoms with Gasteiger partial charge in [0.05, 0.1) is 0 Å². The third kappa shape index (κ3) is 3.37. The Morgan fingerprint density at radius 1 is 1.37 bits per heavy atom. The summed E-state index contributed by atoms with van der Waals surface area (Å²) in [5.41, 5.74) is 8.01. The molecule has 0 amide bonds. The van der Waals surface area contributed by atoms with Gasteiger partial charge in [-0.15, -0.1) is 0 Å². The summed E-state index contributed by atoms with van der Waals surface area (Å²) in [6.45, 7) is 2.89. The topological polar surface area (TPSA) is 42.1 Å². The molecule has 0 atom stereocenters. The van der Waals surface area contributed by atoms with Crippen LogP contribution in [0.4, 0.5) is 19.0 Å². The van der Waals surface area contributed by atoms with Gasteiger partial charge >= 0.3 is 6.18 Å². The van der Waals surface area contributed by atoms with Gasteiger partial charge in [0, 0.05) is 23.8 Å². The minimum absolute atomic E-state index is 0.0550. The third-order valence-corrected chi connectivity index (χ3v) is 3.27. The lowest BCUT2D eigenvalue weighted by molar-refractivity contribution is -0.120. The first-order valence-electron chi connectivity index (χ1n) is 6.32. The van der Waals surface area contributed by atoms with E-state index < -0.39 is 12.7 Å². The summed E-state index contributed by atoms with van der Waals surface area (Å²) in [5.74, 6) is 0.403. The lowest BCUT2D eigenvalue weighted by Crippen LogP contribution is -2.37. The molecule has 0 unspecified atom stereocenters. The van der Waals surface area contributed by atoms with E-state index in [9.17, 15) is 13.2 Å². The molecular weight excluding hydrogens is 255 g/mol. The van der Waals surface area contributed by atoms with Crippen LogP contribution in [-0.4, -0.2) is 23.7 Å². The van der Waals surface area contributed by atoms with Crippen LogP contribution < -0.4 is 10.6 Å². The molecule has 1 saturated carbocycles. The number of hydrogen-bond donors (Lipinski definition) is 1. The SMILES string of the molecule is Cc1cc(C)c(CN)c(N(CC(F)(F)F)C2CC2)n1. The van der Waals surface area contributed by atoms with Crippen LogP contribution >= 0.6 is 0 Å². The summed E-state index contributed by atoms with van der Waals surface area (Å²) in [4.78, 5) is 5.66. The van der Waals surface area contributed by atoms with Crippen LogP contribution in [0.15, 0.2) is 6.07 Å². The molecule has 1 aliphatic carbocycles. The van der Waals surface area contributed by atoms with Gasteiger partial charge in [0.25, 0.3) is 0 Å². The van der Waals surface area contributed by atoms with E-state index in [2.05, 4.69) is 4.98 Å². The van der Waals surface area contributed by atoms with Crippen molar-refractivity contribution in [3.05, 3.63) is 22.9 Å². The standard InChI is InChI=1S/C13H18F3N3/c1-8-5-9(2)18-12(11(8)6-17)19(10-3-4-10)7-13(14,15)16/h5,10H,3-4,6-7,17H2,1-2H3. The Hall–Kier alpha value is -1.30. The van der Waals surface area contributed by atoms with E-state index in [-0.39, 0.29) is 12.6 Å². The van der Waals surface area contributed by atoms with Gasteiger partial charge in [0.1, 0.15) is 12.4 Å². The van der Waals surface area contributed by atoms with E-state index in [0.29, 0.717) is 11.4 Å². The Morgan fingerprint density at radius 2 is 2.00 bits per heavy atom. The minimum Gasteiger partial charge on any atom is -0.344 e. The summed E-state index contributed by atoms with van der Waals surface area (Å²) in [6.07, 6.45) is -2.66. The van der Waals surface area contributed by atoms with Crippen molar-refractivity contribution in [3.8, 4) is 0 Å². The van der Waals surface area contributed by atoms with E-state index in [1.807, 2.05) is 13.0 Å². The monoisotopic (exact) mass is 273 g/mol. The maximum atomic E-state index is 12.7. The first-order chi connectivity index (χ1) is 8.81. The Bertz CT molecular complexity index is 467. The molecule has 0 aromatic carbocycles. The highest BCUT2D eigenvalue weighted by atomic mass is 19.4. The van der Waals surface area contributed by atoms with Gasteiger partial charge < -0.3 is 10.6 Å². The molecule has 6 heteroatoms. The Labute approximate surface area is 110 Å². The normalized spacial score (nSPS) is 15.7. The number of nitrogens with zero attached hydrogens (tertiary/aromatic N) is 2. The number of aryl methyl sites for hydroxylation is 2. The highest BCUT2D eigenvalue weighted by Crippen LogP contribution is 2.35. The fraction of sp³-hybridized carbons (Fsp3) is 0.615. The van der Waals surface area contributed by atoms with Gasteiger partial charge in [-0.25, -0.2) is 4.98 Å². The van der Waals surface area contributed by atoms with Crippen molar-refractivity contribution in [2.24, 2.45) is 5.73 Å². The van der Waals surface area contributed by atoms with Crippen molar-refractivity contribution in [1.29, 1.82) is 0 Å². The zero-order valence-electron chi connectivity index (χ0n) is 11.1. The first-order valence-corrected chi connectivity index (χ1v) is 6.32. The minimum atomic E-state index is -4.23. The molecule has 0 bridgehead atoms. The van der Waals surface area contributed by atoms with Crippen molar-refractivity contribution in [3.63, 3.8) is 0 Å². The molecule has 3 nitrogen and oxygen atoms in total. The van der Waals surface area contributed by atoms with Crippen LogP contribution in [0, 0.1) is 13.8 Å². The van der Waals surface area contributed by atoms with E-state index >= 15 is 0 Å². The summed E-state index contributed by atoms with van der Waals surface area (Å²) < 4.78 is 38.1.